The lowest BCUT2D eigenvalue weighted by atomic mass is 10.2. The summed E-state index contributed by atoms with van der Waals surface area (Å²) in [6.07, 6.45) is 3.49. The van der Waals surface area contributed by atoms with Gasteiger partial charge in [0.25, 0.3) is 0 Å². The third kappa shape index (κ3) is 4.32. The van der Waals surface area contributed by atoms with Crippen molar-refractivity contribution in [3.05, 3.63) is 48.5 Å². The van der Waals surface area contributed by atoms with E-state index in [0.717, 1.165) is 49.2 Å². The van der Waals surface area contributed by atoms with E-state index < -0.39 is 0 Å². The average Bonchev–Trinajstić information content (AvgIpc) is 3.16. The maximum absolute atomic E-state index is 12.5. The Morgan fingerprint density at radius 1 is 1.14 bits per heavy atom. The molecule has 3 heterocycles. The number of piperazine rings is 1. The summed E-state index contributed by atoms with van der Waals surface area (Å²) in [5.74, 6) is 2.08. The van der Waals surface area contributed by atoms with E-state index in [2.05, 4.69) is 40.3 Å². The normalized spacial score (nSPS) is 14.8. The molecule has 0 saturated carbocycles. The molecule has 9 nitrogen and oxygen atoms in total. The van der Waals surface area contributed by atoms with Gasteiger partial charge in [-0.25, -0.2) is 15.0 Å². The lowest BCUT2D eigenvalue weighted by Gasteiger charge is -2.34. The quantitative estimate of drug-likeness (QED) is 0.690. The standard InChI is InChI=1S/C19H22N8O/c1-14-22-18(25-24-14)15-4-2-5-16(12-15)23-17(28)13-26-8-10-27(11-9-26)19-20-6-3-7-21-19/h2-7,12H,8-11,13H2,1H3,(H,23,28)(H,22,24,25). The molecule has 0 bridgehead atoms. The molecule has 28 heavy (non-hydrogen) atoms. The van der Waals surface area contributed by atoms with Crippen LogP contribution in [-0.2, 0) is 4.79 Å². The Bertz CT molecular complexity index is 934. The first-order chi connectivity index (χ1) is 13.7. The third-order valence-corrected chi connectivity index (χ3v) is 4.58. The van der Waals surface area contributed by atoms with Crippen molar-refractivity contribution in [2.75, 3.05) is 42.9 Å². The summed E-state index contributed by atoms with van der Waals surface area (Å²) in [6, 6.07) is 9.36. The van der Waals surface area contributed by atoms with Crippen LogP contribution in [0.5, 0.6) is 0 Å². The van der Waals surface area contributed by atoms with Gasteiger partial charge in [0.05, 0.1) is 6.54 Å². The molecule has 0 atom stereocenters. The highest BCUT2D eigenvalue weighted by atomic mass is 16.2. The zero-order chi connectivity index (χ0) is 19.3. The highest BCUT2D eigenvalue weighted by Gasteiger charge is 2.20. The van der Waals surface area contributed by atoms with E-state index in [0.29, 0.717) is 12.4 Å². The molecule has 0 aliphatic carbocycles. The zero-order valence-electron chi connectivity index (χ0n) is 15.7. The van der Waals surface area contributed by atoms with Gasteiger partial charge >= 0.3 is 0 Å². The Kier molecular flexibility index (Phi) is 5.24. The number of hydrogen-bond acceptors (Lipinski definition) is 7. The second-order valence-electron chi connectivity index (χ2n) is 6.69. The number of nitrogens with zero attached hydrogens (tertiary/aromatic N) is 6. The number of nitrogens with one attached hydrogen (secondary N) is 2. The second kappa shape index (κ2) is 8.13. The Hall–Kier alpha value is -3.33. The van der Waals surface area contributed by atoms with Crippen molar-refractivity contribution in [2.45, 2.75) is 6.92 Å². The summed E-state index contributed by atoms with van der Waals surface area (Å²) >= 11 is 0. The van der Waals surface area contributed by atoms with Crippen molar-refractivity contribution < 1.29 is 4.79 Å². The molecule has 1 aromatic carbocycles. The van der Waals surface area contributed by atoms with E-state index in [-0.39, 0.29) is 5.91 Å². The highest BCUT2D eigenvalue weighted by Crippen LogP contribution is 2.19. The van der Waals surface area contributed by atoms with Crippen LogP contribution in [-0.4, -0.2) is 68.7 Å². The summed E-state index contributed by atoms with van der Waals surface area (Å²) in [5.41, 5.74) is 1.60. The second-order valence-corrected chi connectivity index (χ2v) is 6.69. The number of rotatable bonds is 5. The minimum Gasteiger partial charge on any atom is -0.338 e. The van der Waals surface area contributed by atoms with Crippen LogP contribution in [0.2, 0.25) is 0 Å². The Balaban J connectivity index is 1.30. The number of amides is 1. The van der Waals surface area contributed by atoms with E-state index in [4.69, 9.17) is 0 Å². The number of hydrogen-bond donors (Lipinski definition) is 2. The number of carbonyl (C=O) groups is 1. The number of aryl methyl sites for hydroxylation is 1. The van der Waals surface area contributed by atoms with Gasteiger partial charge in [-0.15, -0.1) is 0 Å². The van der Waals surface area contributed by atoms with Crippen molar-refractivity contribution in [1.29, 1.82) is 0 Å². The van der Waals surface area contributed by atoms with Gasteiger partial charge in [0.15, 0.2) is 5.82 Å². The molecule has 144 valence electrons. The molecular formula is C19H22N8O. The van der Waals surface area contributed by atoms with E-state index in [1.807, 2.05) is 37.3 Å². The number of aromatic nitrogens is 5. The zero-order valence-corrected chi connectivity index (χ0v) is 15.7. The van der Waals surface area contributed by atoms with E-state index in [9.17, 15) is 4.79 Å². The van der Waals surface area contributed by atoms with Gasteiger partial charge in [0.2, 0.25) is 11.9 Å². The van der Waals surface area contributed by atoms with Gasteiger partial charge in [-0.1, -0.05) is 12.1 Å². The molecule has 3 aromatic rings. The summed E-state index contributed by atoms with van der Waals surface area (Å²) in [4.78, 5) is 29.6. The lowest BCUT2D eigenvalue weighted by Crippen LogP contribution is -2.49. The molecule has 1 amide bonds. The molecule has 0 unspecified atom stereocenters. The maximum Gasteiger partial charge on any atom is 0.238 e. The van der Waals surface area contributed by atoms with Crippen LogP contribution < -0.4 is 10.2 Å². The third-order valence-electron chi connectivity index (χ3n) is 4.58. The lowest BCUT2D eigenvalue weighted by molar-refractivity contribution is -0.117. The molecule has 0 spiro atoms. The van der Waals surface area contributed by atoms with Crippen LogP contribution >= 0.6 is 0 Å². The topological polar surface area (TPSA) is 103 Å². The summed E-state index contributed by atoms with van der Waals surface area (Å²) in [6.45, 7) is 5.40. The van der Waals surface area contributed by atoms with E-state index >= 15 is 0 Å². The molecule has 1 fully saturated rings. The first-order valence-corrected chi connectivity index (χ1v) is 9.21. The fraction of sp³-hybridized carbons (Fsp3) is 0.316. The average molecular weight is 378 g/mol. The largest absolute Gasteiger partial charge is 0.338 e. The number of carbonyl (C=O) groups excluding carboxylic acids is 1. The number of H-pyrrole nitrogens is 1. The van der Waals surface area contributed by atoms with Crippen LogP contribution in [0.15, 0.2) is 42.7 Å². The van der Waals surface area contributed by atoms with Gasteiger partial charge < -0.3 is 10.2 Å². The van der Waals surface area contributed by atoms with Crippen molar-refractivity contribution >= 4 is 17.5 Å². The summed E-state index contributed by atoms with van der Waals surface area (Å²) < 4.78 is 0. The molecule has 0 radical (unpaired) electrons. The van der Waals surface area contributed by atoms with Crippen molar-refractivity contribution in [3.63, 3.8) is 0 Å². The molecule has 2 N–H and O–H groups in total. The first-order valence-electron chi connectivity index (χ1n) is 9.21. The van der Waals surface area contributed by atoms with E-state index in [1.165, 1.54) is 0 Å². The predicted molar refractivity (Wildman–Crippen MR) is 106 cm³/mol. The van der Waals surface area contributed by atoms with Crippen LogP contribution in [0.3, 0.4) is 0 Å². The minimum atomic E-state index is -0.0345. The van der Waals surface area contributed by atoms with Gasteiger partial charge in [-0.2, -0.15) is 5.10 Å². The molecule has 4 rings (SSSR count). The van der Waals surface area contributed by atoms with E-state index in [1.54, 1.807) is 12.4 Å². The Morgan fingerprint density at radius 2 is 1.93 bits per heavy atom. The Labute approximate surface area is 162 Å². The number of anilines is 2. The van der Waals surface area contributed by atoms with Crippen LogP contribution in [0.25, 0.3) is 11.4 Å². The number of aromatic amines is 1. The summed E-state index contributed by atoms with van der Waals surface area (Å²) in [7, 11) is 0. The van der Waals surface area contributed by atoms with Gasteiger partial charge in [-0.3, -0.25) is 14.8 Å². The Morgan fingerprint density at radius 3 is 2.64 bits per heavy atom. The van der Waals surface area contributed by atoms with Gasteiger partial charge in [0, 0.05) is 49.8 Å². The van der Waals surface area contributed by atoms with Crippen molar-refractivity contribution in [1.82, 2.24) is 30.0 Å². The van der Waals surface area contributed by atoms with Crippen LogP contribution in [0.4, 0.5) is 11.6 Å². The highest BCUT2D eigenvalue weighted by molar-refractivity contribution is 5.92. The van der Waals surface area contributed by atoms with Crippen LogP contribution in [0, 0.1) is 6.92 Å². The fourth-order valence-electron chi connectivity index (χ4n) is 3.17. The molecule has 2 aromatic heterocycles. The number of benzene rings is 1. The van der Waals surface area contributed by atoms with Crippen molar-refractivity contribution in [3.8, 4) is 11.4 Å². The maximum atomic E-state index is 12.5. The van der Waals surface area contributed by atoms with Crippen LogP contribution in [0.1, 0.15) is 5.82 Å². The van der Waals surface area contributed by atoms with Crippen molar-refractivity contribution in [2.24, 2.45) is 0 Å². The van der Waals surface area contributed by atoms with Gasteiger partial charge in [0.1, 0.15) is 5.82 Å². The SMILES string of the molecule is Cc1nc(-c2cccc(NC(=O)CN3CCN(c4ncccn4)CC3)c2)n[nH]1. The van der Waals surface area contributed by atoms with Gasteiger partial charge in [-0.05, 0) is 25.1 Å². The fourth-order valence-corrected chi connectivity index (χ4v) is 3.17. The molecule has 1 saturated heterocycles. The first kappa shape index (κ1) is 18.1. The molecule has 1 aliphatic rings. The molecule has 1 aliphatic heterocycles. The predicted octanol–water partition coefficient (Wildman–Crippen LogP) is 1.33. The monoisotopic (exact) mass is 378 g/mol. The minimum absolute atomic E-state index is 0.0345. The molecular weight excluding hydrogens is 356 g/mol. The molecule has 9 heteroatoms. The smallest absolute Gasteiger partial charge is 0.238 e. The summed E-state index contributed by atoms with van der Waals surface area (Å²) in [5, 5.41) is 9.95.